The molecule has 0 fully saturated rings. The Morgan fingerprint density at radius 1 is 1.00 bits per heavy atom. The Hall–Kier alpha value is -0.410. The molecule has 1 aromatic rings. The summed E-state index contributed by atoms with van der Waals surface area (Å²) in [6.07, 6.45) is 1.53. The Labute approximate surface area is 87.5 Å². The maximum atomic E-state index is 5.67. The number of halogens is 2. The first kappa shape index (κ1) is 10.7. The van der Waals surface area contributed by atoms with Crippen LogP contribution in [0.3, 0.4) is 0 Å². The average Bonchev–Trinajstić information content (AvgIpc) is 2.16. The van der Waals surface area contributed by atoms with E-state index in [-0.39, 0.29) is 0 Å². The van der Waals surface area contributed by atoms with E-state index in [1.165, 1.54) is 0 Å². The van der Waals surface area contributed by atoms with E-state index >= 15 is 0 Å². The number of alkyl halides is 2. The Balaban J connectivity index is 3.07. The lowest BCUT2D eigenvalue weighted by atomic mass is 10.4. The number of nitrogens with zero attached hydrogens (tertiary/aromatic N) is 3. The van der Waals surface area contributed by atoms with Crippen molar-refractivity contribution in [1.29, 1.82) is 0 Å². The average molecular weight is 220 g/mol. The van der Waals surface area contributed by atoms with Gasteiger partial charge < -0.3 is 0 Å². The third kappa shape index (κ3) is 2.78. The number of hydrogen-bond acceptors (Lipinski definition) is 3. The van der Waals surface area contributed by atoms with Crippen molar-refractivity contribution in [2.45, 2.75) is 31.5 Å². The van der Waals surface area contributed by atoms with Gasteiger partial charge >= 0.3 is 0 Å². The van der Waals surface area contributed by atoms with Gasteiger partial charge in [0.15, 0.2) is 10.7 Å². The SMILES string of the molecule is CCc1nc(CC)nc(C(Cl)Cl)n1. The molecule has 1 rings (SSSR count). The van der Waals surface area contributed by atoms with Crippen LogP contribution in [0.2, 0.25) is 0 Å². The van der Waals surface area contributed by atoms with Gasteiger partial charge in [0.05, 0.1) is 0 Å². The minimum atomic E-state index is -0.668. The second kappa shape index (κ2) is 4.72. The highest BCUT2D eigenvalue weighted by Crippen LogP contribution is 2.20. The molecule has 0 aromatic carbocycles. The van der Waals surface area contributed by atoms with E-state index in [9.17, 15) is 0 Å². The molecule has 72 valence electrons. The van der Waals surface area contributed by atoms with Crippen molar-refractivity contribution in [2.24, 2.45) is 0 Å². The van der Waals surface area contributed by atoms with Crippen molar-refractivity contribution in [2.75, 3.05) is 0 Å². The molecule has 0 saturated carbocycles. The van der Waals surface area contributed by atoms with Gasteiger partial charge in [-0.1, -0.05) is 37.0 Å². The summed E-state index contributed by atoms with van der Waals surface area (Å²) < 4.78 is 0. The topological polar surface area (TPSA) is 38.7 Å². The van der Waals surface area contributed by atoms with Gasteiger partial charge in [-0.25, -0.2) is 15.0 Å². The van der Waals surface area contributed by atoms with Crippen molar-refractivity contribution >= 4 is 23.2 Å². The highest BCUT2D eigenvalue weighted by molar-refractivity contribution is 6.43. The summed E-state index contributed by atoms with van der Waals surface area (Å²) in [6, 6.07) is 0. The number of rotatable bonds is 3. The fourth-order valence-corrected chi connectivity index (χ4v) is 1.10. The van der Waals surface area contributed by atoms with E-state index in [0.29, 0.717) is 5.82 Å². The minimum Gasteiger partial charge on any atom is -0.218 e. The van der Waals surface area contributed by atoms with Gasteiger partial charge in [-0.3, -0.25) is 0 Å². The number of aryl methyl sites for hydroxylation is 2. The Bertz CT molecular complexity index is 266. The standard InChI is InChI=1S/C8H11Cl2N3/c1-3-5-11-6(4-2)13-8(12-5)7(9)10/h7H,3-4H2,1-2H3. The van der Waals surface area contributed by atoms with E-state index in [1.54, 1.807) is 0 Å². The molecular formula is C8H11Cl2N3. The first-order valence-electron chi connectivity index (χ1n) is 4.19. The van der Waals surface area contributed by atoms with Crippen LogP contribution in [0.5, 0.6) is 0 Å². The molecule has 0 saturated heterocycles. The summed E-state index contributed by atoms with van der Waals surface area (Å²) in [4.78, 5) is 11.8. The van der Waals surface area contributed by atoms with Crippen LogP contribution in [0.4, 0.5) is 0 Å². The van der Waals surface area contributed by atoms with Crippen molar-refractivity contribution < 1.29 is 0 Å². The van der Waals surface area contributed by atoms with E-state index in [4.69, 9.17) is 23.2 Å². The normalized spacial score (nSPS) is 10.8. The molecule has 0 aliphatic heterocycles. The maximum absolute atomic E-state index is 5.67. The molecule has 3 nitrogen and oxygen atoms in total. The van der Waals surface area contributed by atoms with Crippen LogP contribution >= 0.6 is 23.2 Å². The molecular weight excluding hydrogens is 209 g/mol. The fraction of sp³-hybridized carbons (Fsp3) is 0.625. The summed E-state index contributed by atoms with van der Waals surface area (Å²) in [6.45, 7) is 3.96. The Morgan fingerprint density at radius 2 is 1.46 bits per heavy atom. The van der Waals surface area contributed by atoms with Gasteiger partial charge in [0.25, 0.3) is 0 Å². The Kier molecular flexibility index (Phi) is 3.88. The van der Waals surface area contributed by atoms with Crippen molar-refractivity contribution in [1.82, 2.24) is 15.0 Å². The molecule has 0 bridgehead atoms. The van der Waals surface area contributed by atoms with E-state index in [0.717, 1.165) is 24.5 Å². The first-order chi connectivity index (χ1) is 6.17. The molecule has 1 heterocycles. The molecule has 1 aromatic heterocycles. The van der Waals surface area contributed by atoms with E-state index < -0.39 is 4.84 Å². The number of hydrogen-bond donors (Lipinski definition) is 0. The van der Waals surface area contributed by atoms with Crippen LogP contribution in [0.15, 0.2) is 0 Å². The molecule has 5 heteroatoms. The zero-order valence-electron chi connectivity index (χ0n) is 7.59. The van der Waals surface area contributed by atoms with Gasteiger partial charge in [0.1, 0.15) is 11.6 Å². The zero-order chi connectivity index (χ0) is 9.84. The van der Waals surface area contributed by atoms with Gasteiger partial charge in [-0.05, 0) is 0 Å². The third-order valence-electron chi connectivity index (χ3n) is 1.57. The predicted octanol–water partition coefficient (Wildman–Crippen LogP) is 2.47. The lowest BCUT2D eigenvalue weighted by Gasteiger charge is -2.04. The molecule has 0 N–H and O–H groups in total. The fourth-order valence-electron chi connectivity index (χ4n) is 0.902. The quantitative estimate of drug-likeness (QED) is 0.734. The smallest absolute Gasteiger partial charge is 0.167 e. The summed E-state index contributed by atoms with van der Waals surface area (Å²) in [7, 11) is 0. The van der Waals surface area contributed by atoms with Crippen LogP contribution in [0, 0.1) is 0 Å². The van der Waals surface area contributed by atoms with Crippen LogP contribution in [-0.2, 0) is 12.8 Å². The zero-order valence-corrected chi connectivity index (χ0v) is 9.10. The van der Waals surface area contributed by atoms with Crippen molar-refractivity contribution in [3.8, 4) is 0 Å². The van der Waals surface area contributed by atoms with Crippen molar-refractivity contribution in [3.63, 3.8) is 0 Å². The van der Waals surface area contributed by atoms with Gasteiger partial charge in [0, 0.05) is 12.8 Å². The molecule has 0 aliphatic rings. The highest BCUT2D eigenvalue weighted by atomic mass is 35.5. The summed E-state index contributed by atoms with van der Waals surface area (Å²) >= 11 is 11.3. The van der Waals surface area contributed by atoms with E-state index in [2.05, 4.69) is 15.0 Å². The third-order valence-corrected chi connectivity index (χ3v) is 1.96. The largest absolute Gasteiger partial charge is 0.218 e. The molecule has 0 atom stereocenters. The molecule has 0 amide bonds. The first-order valence-corrected chi connectivity index (χ1v) is 5.06. The lowest BCUT2D eigenvalue weighted by Crippen LogP contribution is -2.06. The van der Waals surface area contributed by atoms with E-state index in [1.807, 2.05) is 13.8 Å². The van der Waals surface area contributed by atoms with Crippen molar-refractivity contribution in [3.05, 3.63) is 17.5 Å². The summed E-state index contributed by atoms with van der Waals surface area (Å²) in [5.74, 6) is 1.94. The molecule has 0 unspecified atom stereocenters. The Morgan fingerprint density at radius 3 is 1.77 bits per heavy atom. The highest BCUT2D eigenvalue weighted by Gasteiger charge is 2.10. The van der Waals surface area contributed by atoms with Gasteiger partial charge in [-0.15, -0.1) is 0 Å². The monoisotopic (exact) mass is 219 g/mol. The second-order valence-corrected chi connectivity index (χ2v) is 3.63. The predicted molar refractivity (Wildman–Crippen MR) is 53.0 cm³/mol. The van der Waals surface area contributed by atoms with Gasteiger partial charge in [-0.2, -0.15) is 0 Å². The summed E-state index contributed by atoms with van der Waals surface area (Å²) in [5, 5.41) is 0. The number of aromatic nitrogens is 3. The van der Waals surface area contributed by atoms with Crippen LogP contribution in [-0.4, -0.2) is 15.0 Å². The summed E-state index contributed by atoms with van der Waals surface area (Å²) in [5.41, 5.74) is 0. The molecule has 0 radical (unpaired) electrons. The van der Waals surface area contributed by atoms with Gasteiger partial charge in [0.2, 0.25) is 0 Å². The molecule has 0 spiro atoms. The minimum absolute atomic E-state index is 0.451. The molecule has 13 heavy (non-hydrogen) atoms. The molecule has 0 aliphatic carbocycles. The maximum Gasteiger partial charge on any atom is 0.167 e. The lowest BCUT2D eigenvalue weighted by molar-refractivity contribution is 0.788. The van der Waals surface area contributed by atoms with Crippen LogP contribution in [0.1, 0.15) is 36.2 Å². The second-order valence-electron chi connectivity index (χ2n) is 2.53. The van der Waals surface area contributed by atoms with Crippen LogP contribution in [0.25, 0.3) is 0 Å². The van der Waals surface area contributed by atoms with Crippen LogP contribution < -0.4 is 0 Å².